The minimum absolute atomic E-state index is 0.235. The zero-order valence-electron chi connectivity index (χ0n) is 13.8. The van der Waals surface area contributed by atoms with Crippen molar-refractivity contribution in [3.63, 3.8) is 0 Å². The third-order valence-corrected chi connectivity index (χ3v) is 4.28. The van der Waals surface area contributed by atoms with Gasteiger partial charge in [0.1, 0.15) is 5.75 Å². The van der Waals surface area contributed by atoms with E-state index in [1.807, 2.05) is 0 Å². The van der Waals surface area contributed by atoms with Gasteiger partial charge in [-0.2, -0.15) is 0 Å². The lowest BCUT2D eigenvalue weighted by Crippen LogP contribution is -2.24. The predicted molar refractivity (Wildman–Crippen MR) is 90.1 cm³/mol. The van der Waals surface area contributed by atoms with Gasteiger partial charge in [0.25, 0.3) is 0 Å². The van der Waals surface area contributed by atoms with Crippen LogP contribution in [0.1, 0.15) is 43.2 Å². The summed E-state index contributed by atoms with van der Waals surface area (Å²) in [6.45, 7) is 5.30. The quantitative estimate of drug-likeness (QED) is 0.725. The Labute approximate surface area is 134 Å². The van der Waals surface area contributed by atoms with Gasteiger partial charge in [0, 0.05) is 25.3 Å². The first kappa shape index (κ1) is 17.3. The zero-order valence-corrected chi connectivity index (χ0v) is 13.8. The topological polar surface area (TPSA) is 44.7 Å². The number of nitrogens with one attached hydrogen (secondary N) is 1. The largest absolute Gasteiger partial charge is 0.496 e. The van der Waals surface area contributed by atoms with E-state index in [0.717, 1.165) is 31.8 Å². The van der Waals surface area contributed by atoms with Crippen molar-refractivity contribution in [3.8, 4) is 5.75 Å². The van der Waals surface area contributed by atoms with Crippen LogP contribution in [0.5, 0.6) is 5.75 Å². The van der Waals surface area contributed by atoms with E-state index in [4.69, 9.17) is 9.84 Å². The summed E-state index contributed by atoms with van der Waals surface area (Å²) in [6, 6.07) is 6.56. The van der Waals surface area contributed by atoms with Gasteiger partial charge in [-0.1, -0.05) is 25.0 Å². The molecule has 0 radical (unpaired) electrons. The van der Waals surface area contributed by atoms with Crippen molar-refractivity contribution in [2.75, 3.05) is 33.4 Å². The number of aliphatic hydroxyl groups excluding tert-OH is 1. The summed E-state index contributed by atoms with van der Waals surface area (Å²) in [6.07, 6.45) is 6.18. The normalized spacial score (nSPS) is 16.5. The van der Waals surface area contributed by atoms with Crippen molar-refractivity contribution in [2.24, 2.45) is 0 Å². The molecule has 0 unspecified atom stereocenters. The molecule has 0 atom stereocenters. The molecule has 124 valence electrons. The zero-order chi connectivity index (χ0) is 15.6. The first-order valence-electron chi connectivity index (χ1n) is 8.53. The monoisotopic (exact) mass is 306 g/mol. The standard InChI is InChI=1S/C18H30N2O2/c1-22-18-13-16(15-20-10-4-2-3-5-11-20)7-8-17(18)14-19-9-6-12-21/h7-8,13,19,21H,2-6,9-12,14-15H2,1H3. The molecule has 0 amide bonds. The SMILES string of the molecule is COc1cc(CN2CCCCCC2)ccc1CNCCCO. The van der Waals surface area contributed by atoms with Crippen LogP contribution in [0, 0.1) is 0 Å². The summed E-state index contributed by atoms with van der Waals surface area (Å²) in [5, 5.41) is 12.1. The van der Waals surface area contributed by atoms with Crippen molar-refractivity contribution in [2.45, 2.75) is 45.2 Å². The van der Waals surface area contributed by atoms with Crippen LogP contribution < -0.4 is 10.1 Å². The number of aliphatic hydroxyl groups is 1. The van der Waals surface area contributed by atoms with Crippen LogP contribution in [0.4, 0.5) is 0 Å². The van der Waals surface area contributed by atoms with Gasteiger partial charge in [0.2, 0.25) is 0 Å². The first-order chi connectivity index (χ1) is 10.8. The lowest BCUT2D eigenvalue weighted by atomic mass is 10.1. The Morgan fingerprint density at radius 1 is 1.18 bits per heavy atom. The average molecular weight is 306 g/mol. The molecule has 2 N–H and O–H groups in total. The van der Waals surface area contributed by atoms with Gasteiger partial charge in [-0.15, -0.1) is 0 Å². The van der Waals surface area contributed by atoms with Crippen LogP contribution in [0.2, 0.25) is 0 Å². The highest BCUT2D eigenvalue weighted by Crippen LogP contribution is 2.22. The Balaban J connectivity index is 1.92. The molecular formula is C18H30N2O2. The molecule has 1 aliphatic heterocycles. The van der Waals surface area contributed by atoms with Gasteiger partial charge < -0.3 is 15.2 Å². The molecule has 1 saturated heterocycles. The average Bonchev–Trinajstić information content (AvgIpc) is 2.81. The molecule has 0 spiro atoms. The number of rotatable bonds is 8. The smallest absolute Gasteiger partial charge is 0.123 e. The van der Waals surface area contributed by atoms with E-state index in [9.17, 15) is 0 Å². The van der Waals surface area contributed by atoms with Crippen molar-refractivity contribution in [1.82, 2.24) is 10.2 Å². The number of methoxy groups -OCH3 is 1. The van der Waals surface area contributed by atoms with E-state index >= 15 is 0 Å². The van der Waals surface area contributed by atoms with Crippen molar-refractivity contribution in [3.05, 3.63) is 29.3 Å². The number of nitrogens with zero attached hydrogens (tertiary/aromatic N) is 1. The molecule has 1 aromatic rings. The van der Waals surface area contributed by atoms with E-state index in [1.54, 1.807) is 7.11 Å². The molecular weight excluding hydrogens is 276 g/mol. The molecule has 4 heteroatoms. The van der Waals surface area contributed by atoms with Crippen molar-refractivity contribution < 1.29 is 9.84 Å². The number of likely N-dealkylation sites (tertiary alicyclic amines) is 1. The third-order valence-electron chi connectivity index (χ3n) is 4.28. The number of hydrogen-bond donors (Lipinski definition) is 2. The highest BCUT2D eigenvalue weighted by atomic mass is 16.5. The van der Waals surface area contributed by atoms with Gasteiger partial charge in [0.15, 0.2) is 0 Å². The second-order valence-corrected chi connectivity index (χ2v) is 6.09. The minimum Gasteiger partial charge on any atom is -0.496 e. The molecule has 4 nitrogen and oxygen atoms in total. The molecule has 0 bridgehead atoms. The third kappa shape index (κ3) is 5.59. The Bertz CT molecular complexity index is 429. The van der Waals surface area contributed by atoms with Gasteiger partial charge in [-0.05, 0) is 50.5 Å². The van der Waals surface area contributed by atoms with Crippen LogP contribution >= 0.6 is 0 Å². The summed E-state index contributed by atoms with van der Waals surface area (Å²) < 4.78 is 5.55. The van der Waals surface area contributed by atoms with E-state index in [0.29, 0.717) is 0 Å². The van der Waals surface area contributed by atoms with Crippen molar-refractivity contribution in [1.29, 1.82) is 0 Å². The maximum atomic E-state index is 8.81. The van der Waals surface area contributed by atoms with Gasteiger partial charge in [-0.25, -0.2) is 0 Å². The van der Waals surface area contributed by atoms with E-state index in [-0.39, 0.29) is 6.61 Å². The van der Waals surface area contributed by atoms with Gasteiger partial charge >= 0.3 is 0 Å². The lowest BCUT2D eigenvalue weighted by Gasteiger charge is -2.20. The molecule has 0 saturated carbocycles. The summed E-state index contributed by atoms with van der Waals surface area (Å²) in [7, 11) is 1.74. The second-order valence-electron chi connectivity index (χ2n) is 6.09. The summed E-state index contributed by atoms with van der Waals surface area (Å²) in [5.74, 6) is 0.962. The van der Waals surface area contributed by atoms with Gasteiger partial charge in [0.05, 0.1) is 7.11 Å². The Kier molecular flexibility index (Phi) is 7.71. The first-order valence-corrected chi connectivity index (χ1v) is 8.53. The maximum absolute atomic E-state index is 8.81. The number of benzene rings is 1. The maximum Gasteiger partial charge on any atom is 0.123 e. The Hall–Kier alpha value is -1.10. The molecule has 1 heterocycles. The molecule has 1 aliphatic rings. The van der Waals surface area contributed by atoms with Crippen LogP contribution in [0.25, 0.3) is 0 Å². The predicted octanol–water partition coefficient (Wildman–Crippen LogP) is 2.54. The molecule has 22 heavy (non-hydrogen) atoms. The highest BCUT2D eigenvalue weighted by molar-refractivity contribution is 5.37. The Morgan fingerprint density at radius 3 is 2.64 bits per heavy atom. The number of hydrogen-bond acceptors (Lipinski definition) is 4. The fourth-order valence-electron chi connectivity index (χ4n) is 3.01. The van der Waals surface area contributed by atoms with Gasteiger partial charge in [-0.3, -0.25) is 4.90 Å². The Morgan fingerprint density at radius 2 is 1.95 bits per heavy atom. The van der Waals surface area contributed by atoms with Crippen molar-refractivity contribution >= 4 is 0 Å². The van der Waals surface area contributed by atoms with Crippen LogP contribution in [0.15, 0.2) is 18.2 Å². The van der Waals surface area contributed by atoms with E-state index in [1.165, 1.54) is 49.9 Å². The summed E-state index contributed by atoms with van der Waals surface area (Å²) in [4.78, 5) is 2.56. The molecule has 1 aromatic carbocycles. The molecule has 2 rings (SSSR count). The molecule has 1 fully saturated rings. The minimum atomic E-state index is 0.235. The molecule has 0 aliphatic carbocycles. The fourth-order valence-corrected chi connectivity index (χ4v) is 3.01. The van der Waals surface area contributed by atoms with E-state index in [2.05, 4.69) is 28.4 Å². The fraction of sp³-hybridized carbons (Fsp3) is 0.667. The molecule has 0 aromatic heterocycles. The summed E-state index contributed by atoms with van der Waals surface area (Å²) >= 11 is 0. The van der Waals surface area contributed by atoms with Crippen LogP contribution in [-0.4, -0.2) is 43.4 Å². The second kappa shape index (κ2) is 9.82. The number of ether oxygens (including phenoxy) is 1. The lowest BCUT2D eigenvalue weighted by molar-refractivity contribution is 0.276. The van der Waals surface area contributed by atoms with Crippen LogP contribution in [-0.2, 0) is 13.1 Å². The van der Waals surface area contributed by atoms with E-state index < -0.39 is 0 Å². The van der Waals surface area contributed by atoms with Crippen LogP contribution in [0.3, 0.4) is 0 Å². The summed E-state index contributed by atoms with van der Waals surface area (Å²) in [5.41, 5.74) is 2.51. The highest BCUT2D eigenvalue weighted by Gasteiger charge is 2.11.